The van der Waals surface area contributed by atoms with Gasteiger partial charge in [0.25, 0.3) is 0 Å². The van der Waals surface area contributed by atoms with Gasteiger partial charge in [-0.05, 0) is 48.0 Å². The first-order valence-electron chi connectivity index (χ1n) is 12.5. The van der Waals surface area contributed by atoms with Gasteiger partial charge in [0.2, 0.25) is 0 Å². The minimum absolute atomic E-state index is 0.0649. The van der Waals surface area contributed by atoms with E-state index in [0.29, 0.717) is 17.1 Å². The molecule has 4 rings (SSSR count). The Morgan fingerprint density at radius 2 is 1.84 bits per heavy atom. The first-order chi connectivity index (χ1) is 17.8. The number of likely N-dealkylation sites (N-methyl/N-ethyl adjacent to an activating group) is 1. The van der Waals surface area contributed by atoms with Crippen LogP contribution in [0.2, 0.25) is 0 Å². The van der Waals surface area contributed by atoms with Gasteiger partial charge in [0.1, 0.15) is 17.6 Å². The highest BCUT2D eigenvalue weighted by molar-refractivity contribution is 6.00. The summed E-state index contributed by atoms with van der Waals surface area (Å²) >= 11 is 0. The molecule has 8 nitrogen and oxygen atoms in total. The fourth-order valence-corrected chi connectivity index (χ4v) is 4.49. The highest BCUT2D eigenvalue weighted by Gasteiger charge is 2.32. The molecule has 1 amide bonds. The molecule has 0 radical (unpaired) electrons. The van der Waals surface area contributed by atoms with Gasteiger partial charge in [0, 0.05) is 50.1 Å². The van der Waals surface area contributed by atoms with E-state index in [1.165, 1.54) is 7.11 Å². The third-order valence-corrected chi connectivity index (χ3v) is 6.66. The number of carbonyl (C=O) groups excluding carboxylic acids is 1. The molecule has 0 bridgehead atoms. The Balaban J connectivity index is 1.48. The molecule has 1 aliphatic rings. The Morgan fingerprint density at radius 1 is 1.11 bits per heavy atom. The molecule has 8 heteroatoms. The molecule has 0 saturated carbocycles. The van der Waals surface area contributed by atoms with Gasteiger partial charge < -0.3 is 19.2 Å². The summed E-state index contributed by atoms with van der Waals surface area (Å²) in [5.41, 5.74) is 2.60. The van der Waals surface area contributed by atoms with Crippen LogP contribution >= 0.6 is 0 Å². The number of methoxy groups -OCH3 is 1. The first-order valence-corrected chi connectivity index (χ1v) is 12.5. The molecule has 0 atom stereocenters. The van der Waals surface area contributed by atoms with Crippen LogP contribution in [0.4, 0.5) is 5.69 Å². The van der Waals surface area contributed by atoms with Gasteiger partial charge in [-0.3, -0.25) is 4.90 Å². The number of amides is 1. The number of furan rings is 1. The quantitative estimate of drug-likeness (QED) is 0.201. The van der Waals surface area contributed by atoms with Gasteiger partial charge >= 0.3 is 5.91 Å². The third-order valence-electron chi connectivity index (χ3n) is 6.66. The first kappa shape index (κ1) is 26.6. The van der Waals surface area contributed by atoms with Crippen LogP contribution in [-0.4, -0.2) is 82.6 Å². The van der Waals surface area contributed by atoms with Crippen LogP contribution in [0, 0.1) is 11.3 Å². The number of carbonyl (C=O) groups is 1. The second-order valence-corrected chi connectivity index (χ2v) is 9.84. The van der Waals surface area contributed by atoms with Crippen LogP contribution in [0.5, 0.6) is 0 Å². The van der Waals surface area contributed by atoms with E-state index in [1.807, 2.05) is 12.1 Å². The van der Waals surface area contributed by atoms with Gasteiger partial charge in [0.15, 0.2) is 12.3 Å². The van der Waals surface area contributed by atoms with Gasteiger partial charge in [-0.2, -0.15) is 5.26 Å². The van der Waals surface area contributed by atoms with Crippen LogP contribution in [-0.2, 0) is 14.3 Å². The highest BCUT2D eigenvalue weighted by Crippen LogP contribution is 2.31. The van der Waals surface area contributed by atoms with Crippen LogP contribution in [0.3, 0.4) is 0 Å². The molecule has 0 unspecified atom stereocenters. The lowest BCUT2D eigenvalue weighted by atomic mass is 10.0. The number of nitrogens with zero attached hydrogens (tertiary/aromatic N) is 3. The molecule has 3 aromatic rings. The molecular weight excluding hydrogens is 468 g/mol. The second-order valence-electron chi connectivity index (χ2n) is 9.84. The van der Waals surface area contributed by atoms with Crippen molar-refractivity contribution in [3.63, 3.8) is 0 Å². The summed E-state index contributed by atoms with van der Waals surface area (Å²) in [5, 5.41) is 15.5. The number of quaternary nitrogens is 1. The van der Waals surface area contributed by atoms with Crippen molar-refractivity contribution in [2.24, 2.45) is 0 Å². The average molecular weight is 504 g/mol. The number of hydrogen-bond acceptors (Lipinski definition) is 7. The topological polar surface area (TPSA) is 87.7 Å². The van der Waals surface area contributed by atoms with Gasteiger partial charge in [0.05, 0.1) is 27.3 Å². The third kappa shape index (κ3) is 6.27. The summed E-state index contributed by atoms with van der Waals surface area (Å²) in [5.74, 6) is 0.858. The van der Waals surface area contributed by atoms with Crippen LogP contribution in [0.25, 0.3) is 27.7 Å². The molecule has 1 saturated heterocycles. The maximum atomic E-state index is 13.0. The van der Waals surface area contributed by atoms with Crippen LogP contribution < -0.4 is 5.32 Å². The largest absolute Gasteiger partial charge is 0.456 e. The van der Waals surface area contributed by atoms with E-state index >= 15 is 0 Å². The number of rotatable bonds is 9. The Labute approximate surface area is 218 Å². The number of fused-ring (bicyclic) bond motifs is 1. The van der Waals surface area contributed by atoms with E-state index in [1.54, 1.807) is 27.1 Å². The number of hydrogen-bond donors (Lipinski definition) is 1. The molecule has 2 aromatic carbocycles. The normalized spacial score (nSPS) is 15.3. The van der Waals surface area contributed by atoms with Crippen molar-refractivity contribution in [3.8, 4) is 17.4 Å². The van der Waals surface area contributed by atoms with E-state index in [2.05, 4.69) is 46.6 Å². The molecule has 37 heavy (non-hydrogen) atoms. The van der Waals surface area contributed by atoms with E-state index in [9.17, 15) is 10.1 Å². The highest BCUT2D eigenvalue weighted by atomic mass is 16.5. The molecule has 0 aliphatic carbocycles. The predicted molar refractivity (Wildman–Crippen MR) is 145 cm³/mol. The molecule has 2 heterocycles. The van der Waals surface area contributed by atoms with Gasteiger partial charge in [-0.15, -0.1) is 0 Å². The SMILES string of the molecule is COC[N+](C)(C)C(=O)/C(C#N)=C(\C)c1ccc(-c2ccc3cc(NCCN4CCOCC4)ccc3c2)o1. The van der Waals surface area contributed by atoms with E-state index < -0.39 is 0 Å². The van der Waals surface area contributed by atoms with Crippen LogP contribution in [0.15, 0.2) is 58.5 Å². The fourth-order valence-electron chi connectivity index (χ4n) is 4.49. The van der Waals surface area contributed by atoms with Crippen molar-refractivity contribution in [1.29, 1.82) is 5.26 Å². The maximum Gasteiger partial charge on any atom is 0.358 e. The Bertz CT molecular complexity index is 1330. The van der Waals surface area contributed by atoms with Crippen molar-refractivity contribution < 1.29 is 23.2 Å². The van der Waals surface area contributed by atoms with E-state index in [4.69, 9.17) is 13.9 Å². The van der Waals surface area contributed by atoms with Gasteiger partial charge in [-0.1, -0.05) is 18.2 Å². The summed E-state index contributed by atoms with van der Waals surface area (Å²) in [6.07, 6.45) is 0. The Hall–Kier alpha value is -3.48. The number of benzene rings is 2. The smallest absolute Gasteiger partial charge is 0.358 e. The lowest BCUT2D eigenvalue weighted by molar-refractivity contribution is -0.833. The monoisotopic (exact) mass is 503 g/mol. The molecule has 1 N–H and O–H groups in total. The zero-order valence-electron chi connectivity index (χ0n) is 22.0. The molecule has 1 aromatic heterocycles. The molecular formula is C29H35N4O4+. The van der Waals surface area contributed by atoms with Gasteiger partial charge in [-0.25, -0.2) is 9.28 Å². The van der Waals surface area contributed by atoms with Crippen molar-refractivity contribution in [2.45, 2.75) is 6.92 Å². The van der Waals surface area contributed by atoms with E-state index in [-0.39, 0.29) is 22.7 Å². The van der Waals surface area contributed by atoms with Crippen molar-refractivity contribution in [3.05, 3.63) is 59.9 Å². The fraction of sp³-hybridized carbons (Fsp3) is 0.379. The maximum absolute atomic E-state index is 13.0. The van der Waals surface area contributed by atoms with E-state index in [0.717, 1.165) is 61.4 Å². The standard InChI is InChI=1S/C29H34N4O4/c1-21(26(19-30)29(34)33(2,3)20-35-4)27-9-10-28(37-27)24-6-5-23-18-25(8-7-22(23)17-24)31-11-12-32-13-15-36-16-14-32/h5-10,17-18H,11-16,20H2,1-4H3/p+1. The number of allylic oxidation sites excluding steroid dienone is 1. The molecule has 0 spiro atoms. The van der Waals surface area contributed by atoms with Crippen molar-refractivity contribution >= 4 is 27.9 Å². The zero-order chi connectivity index (χ0) is 26.4. The minimum atomic E-state index is -0.320. The number of anilines is 1. The number of nitrogens with one attached hydrogen (secondary N) is 1. The summed E-state index contributed by atoms with van der Waals surface area (Å²) in [6, 6.07) is 18.3. The molecule has 1 fully saturated rings. The number of nitriles is 1. The minimum Gasteiger partial charge on any atom is -0.456 e. The summed E-state index contributed by atoms with van der Waals surface area (Å²) < 4.78 is 16.6. The number of ether oxygens (including phenoxy) is 2. The average Bonchev–Trinajstić information content (AvgIpc) is 3.40. The Kier molecular flexibility index (Phi) is 8.41. The lowest BCUT2D eigenvalue weighted by Gasteiger charge is -2.26. The summed E-state index contributed by atoms with van der Waals surface area (Å²) in [4.78, 5) is 15.4. The van der Waals surface area contributed by atoms with Crippen molar-refractivity contribution in [1.82, 2.24) is 4.90 Å². The van der Waals surface area contributed by atoms with Crippen molar-refractivity contribution in [2.75, 3.05) is 72.6 Å². The second kappa shape index (κ2) is 11.7. The molecule has 194 valence electrons. The Morgan fingerprint density at radius 3 is 2.57 bits per heavy atom. The lowest BCUT2D eigenvalue weighted by Crippen LogP contribution is -2.47. The van der Waals surface area contributed by atoms with Crippen LogP contribution in [0.1, 0.15) is 12.7 Å². The molecule has 1 aliphatic heterocycles. The summed E-state index contributed by atoms with van der Waals surface area (Å²) in [7, 11) is 4.95. The predicted octanol–water partition coefficient (Wildman–Crippen LogP) is 4.35. The number of morpholine rings is 1. The zero-order valence-corrected chi connectivity index (χ0v) is 22.0. The summed E-state index contributed by atoms with van der Waals surface area (Å²) in [6.45, 7) is 7.40.